The summed E-state index contributed by atoms with van der Waals surface area (Å²) < 4.78 is 37.3. The molecular weight excluding hydrogens is 242 g/mol. The van der Waals surface area contributed by atoms with Gasteiger partial charge in [-0.3, -0.25) is 4.79 Å². The molecule has 0 radical (unpaired) electrons. The Labute approximate surface area is 105 Å². The molecule has 0 aliphatic rings. The molecule has 0 aliphatic carbocycles. The van der Waals surface area contributed by atoms with E-state index in [9.17, 15) is 13.6 Å². The first-order chi connectivity index (χ1) is 8.51. The van der Waals surface area contributed by atoms with Crippen LogP contribution in [0.2, 0.25) is 0 Å². The van der Waals surface area contributed by atoms with Crippen LogP contribution in [-0.2, 0) is 9.47 Å². The first-order valence-corrected chi connectivity index (χ1v) is 5.74. The maximum absolute atomic E-state index is 13.6. The van der Waals surface area contributed by atoms with E-state index < -0.39 is 29.3 Å². The summed E-state index contributed by atoms with van der Waals surface area (Å²) in [6.45, 7) is 5.31. The summed E-state index contributed by atoms with van der Waals surface area (Å²) in [5.41, 5.74) is -0.210. The van der Waals surface area contributed by atoms with Crippen LogP contribution in [0, 0.1) is 18.6 Å². The number of carbonyl (C=O) groups is 1. The lowest BCUT2D eigenvalue weighted by atomic mass is 10.1. The highest BCUT2D eigenvalue weighted by molar-refractivity contribution is 5.99. The van der Waals surface area contributed by atoms with Crippen LogP contribution in [0.4, 0.5) is 8.78 Å². The summed E-state index contributed by atoms with van der Waals surface area (Å²) in [7, 11) is 0. The molecular formula is C13H16F2O3. The quantitative estimate of drug-likeness (QED) is 0.581. The number of hydrogen-bond acceptors (Lipinski definition) is 3. The molecule has 0 saturated heterocycles. The van der Waals surface area contributed by atoms with Crippen molar-refractivity contribution in [2.45, 2.75) is 27.1 Å². The number of aryl methyl sites for hydroxylation is 1. The minimum atomic E-state index is -1.27. The Morgan fingerprint density at radius 1 is 1.17 bits per heavy atom. The zero-order chi connectivity index (χ0) is 13.7. The van der Waals surface area contributed by atoms with Gasteiger partial charge in [0.15, 0.2) is 0 Å². The summed E-state index contributed by atoms with van der Waals surface area (Å²) in [6, 6.07) is 2.20. The van der Waals surface area contributed by atoms with Crippen molar-refractivity contribution >= 4 is 5.78 Å². The summed E-state index contributed by atoms with van der Waals surface area (Å²) in [5, 5.41) is 0. The lowest BCUT2D eigenvalue weighted by molar-refractivity contribution is -0.107. The van der Waals surface area contributed by atoms with Gasteiger partial charge in [-0.2, -0.15) is 0 Å². The predicted octanol–water partition coefficient (Wildman–Crippen LogP) is 2.86. The van der Waals surface area contributed by atoms with Gasteiger partial charge in [0, 0.05) is 13.2 Å². The Kier molecular flexibility index (Phi) is 5.37. The normalized spacial score (nSPS) is 11.0. The second kappa shape index (κ2) is 6.56. The standard InChI is InChI=1S/C13H16F2O3/c1-4-17-13(18-5-2)12(16)11-9(14)6-8(3)7-10(11)15/h6-7,13H,4-5H2,1-3H3. The largest absolute Gasteiger partial charge is 0.346 e. The first-order valence-electron chi connectivity index (χ1n) is 5.74. The van der Waals surface area contributed by atoms with Gasteiger partial charge in [0.1, 0.15) is 11.6 Å². The Morgan fingerprint density at radius 3 is 2.00 bits per heavy atom. The minimum Gasteiger partial charge on any atom is -0.346 e. The minimum absolute atomic E-state index is 0.214. The lowest BCUT2D eigenvalue weighted by Crippen LogP contribution is -2.29. The highest BCUT2D eigenvalue weighted by atomic mass is 19.1. The van der Waals surface area contributed by atoms with Gasteiger partial charge in [-0.1, -0.05) is 0 Å². The summed E-state index contributed by atoms with van der Waals surface area (Å²) in [5.74, 6) is -2.64. The van der Waals surface area contributed by atoms with E-state index in [-0.39, 0.29) is 13.2 Å². The fourth-order valence-electron chi connectivity index (χ4n) is 1.56. The molecule has 100 valence electrons. The van der Waals surface area contributed by atoms with Crippen molar-refractivity contribution < 1.29 is 23.0 Å². The van der Waals surface area contributed by atoms with Crippen molar-refractivity contribution in [2.24, 2.45) is 0 Å². The second-order valence-corrected chi connectivity index (χ2v) is 3.71. The molecule has 0 amide bonds. The molecule has 0 saturated carbocycles. The van der Waals surface area contributed by atoms with Gasteiger partial charge in [0.2, 0.25) is 12.1 Å². The predicted molar refractivity (Wildman–Crippen MR) is 62.5 cm³/mol. The van der Waals surface area contributed by atoms with Crippen LogP contribution in [0.3, 0.4) is 0 Å². The third-order valence-corrected chi connectivity index (χ3v) is 2.28. The molecule has 0 fully saturated rings. The van der Waals surface area contributed by atoms with Crippen molar-refractivity contribution in [2.75, 3.05) is 13.2 Å². The Morgan fingerprint density at radius 2 is 1.61 bits per heavy atom. The van der Waals surface area contributed by atoms with Crippen LogP contribution in [0.1, 0.15) is 29.8 Å². The number of Topliss-reactive ketones (excluding diaryl/α,β-unsaturated/α-hetero) is 1. The average Bonchev–Trinajstić information content (AvgIpc) is 2.27. The van der Waals surface area contributed by atoms with Crippen molar-refractivity contribution in [3.63, 3.8) is 0 Å². The number of carbonyl (C=O) groups excluding carboxylic acids is 1. The van der Waals surface area contributed by atoms with Gasteiger partial charge in [0.05, 0.1) is 5.56 Å². The van der Waals surface area contributed by atoms with E-state index in [1.165, 1.54) is 0 Å². The van der Waals surface area contributed by atoms with Crippen molar-refractivity contribution in [3.05, 3.63) is 34.9 Å². The van der Waals surface area contributed by atoms with Gasteiger partial charge in [-0.15, -0.1) is 0 Å². The second-order valence-electron chi connectivity index (χ2n) is 3.71. The molecule has 0 spiro atoms. The third-order valence-electron chi connectivity index (χ3n) is 2.28. The Hall–Kier alpha value is -1.33. The maximum atomic E-state index is 13.6. The van der Waals surface area contributed by atoms with Crippen molar-refractivity contribution in [3.8, 4) is 0 Å². The molecule has 1 rings (SSSR count). The van der Waals surface area contributed by atoms with E-state index in [2.05, 4.69) is 0 Å². The van der Waals surface area contributed by atoms with E-state index in [4.69, 9.17) is 9.47 Å². The molecule has 1 aromatic carbocycles. The number of halogens is 2. The molecule has 5 heteroatoms. The van der Waals surface area contributed by atoms with Gasteiger partial charge < -0.3 is 9.47 Å². The van der Waals surface area contributed by atoms with Gasteiger partial charge in [0.25, 0.3) is 0 Å². The van der Waals surface area contributed by atoms with E-state index in [1.807, 2.05) is 0 Å². The van der Waals surface area contributed by atoms with Crippen molar-refractivity contribution in [1.29, 1.82) is 0 Å². The van der Waals surface area contributed by atoms with Crippen LogP contribution >= 0.6 is 0 Å². The number of rotatable bonds is 6. The fourth-order valence-corrected chi connectivity index (χ4v) is 1.56. The highest BCUT2D eigenvalue weighted by Crippen LogP contribution is 2.18. The maximum Gasteiger partial charge on any atom is 0.224 e. The van der Waals surface area contributed by atoms with Gasteiger partial charge in [-0.05, 0) is 38.5 Å². The smallest absolute Gasteiger partial charge is 0.224 e. The zero-order valence-corrected chi connectivity index (χ0v) is 10.6. The lowest BCUT2D eigenvalue weighted by Gasteiger charge is -2.16. The molecule has 0 bridgehead atoms. The first kappa shape index (κ1) is 14.7. The zero-order valence-electron chi connectivity index (χ0n) is 10.6. The summed E-state index contributed by atoms with van der Waals surface area (Å²) in [4.78, 5) is 11.9. The van der Waals surface area contributed by atoms with E-state index in [1.54, 1.807) is 20.8 Å². The molecule has 1 aromatic rings. The summed E-state index contributed by atoms with van der Waals surface area (Å²) in [6.07, 6.45) is -1.27. The molecule has 18 heavy (non-hydrogen) atoms. The van der Waals surface area contributed by atoms with Crippen LogP contribution in [0.5, 0.6) is 0 Å². The van der Waals surface area contributed by atoms with Gasteiger partial charge in [-0.25, -0.2) is 8.78 Å². The molecule has 0 aliphatic heterocycles. The van der Waals surface area contributed by atoms with E-state index >= 15 is 0 Å². The van der Waals surface area contributed by atoms with E-state index in [0.29, 0.717) is 5.56 Å². The number of ketones is 1. The molecule has 0 heterocycles. The Bertz CT molecular complexity index is 403. The average molecular weight is 258 g/mol. The molecule has 0 N–H and O–H groups in total. The third kappa shape index (κ3) is 3.34. The monoisotopic (exact) mass is 258 g/mol. The topological polar surface area (TPSA) is 35.5 Å². The van der Waals surface area contributed by atoms with E-state index in [0.717, 1.165) is 12.1 Å². The molecule has 0 atom stereocenters. The highest BCUT2D eigenvalue weighted by Gasteiger charge is 2.27. The van der Waals surface area contributed by atoms with Crippen molar-refractivity contribution in [1.82, 2.24) is 0 Å². The fraction of sp³-hybridized carbons (Fsp3) is 0.462. The van der Waals surface area contributed by atoms with Gasteiger partial charge >= 0.3 is 0 Å². The van der Waals surface area contributed by atoms with Crippen LogP contribution in [-0.4, -0.2) is 25.3 Å². The molecule has 0 aromatic heterocycles. The number of ether oxygens (including phenoxy) is 2. The van der Waals surface area contributed by atoms with Crippen LogP contribution in [0.15, 0.2) is 12.1 Å². The summed E-state index contributed by atoms with van der Waals surface area (Å²) >= 11 is 0. The number of hydrogen-bond donors (Lipinski definition) is 0. The molecule has 3 nitrogen and oxygen atoms in total. The Balaban J connectivity index is 3.08. The SMILES string of the molecule is CCOC(OCC)C(=O)c1c(F)cc(C)cc1F. The molecule has 0 unspecified atom stereocenters. The number of benzene rings is 1. The van der Waals surface area contributed by atoms with Crippen LogP contribution < -0.4 is 0 Å². The van der Waals surface area contributed by atoms with Crippen LogP contribution in [0.25, 0.3) is 0 Å².